The number of carbonyl (C=O) groups is 4. The standard InChI is InChI=1S/C43H69NO12/c1-10-30-18-24(2)17-25(3)19-36(53-8)39-37(54-9)21-27(5)43(51,56-39)40(48)41(49)44-16-12-11-13-31(44)42(50)55-38(28(6)33(46)23-34(30)47)26(4)20-29-14-15-32(45)35(22-29)52-7/h18,20,25,27-33,35-39,45-46,51H,10-17,19,21-23H2,1-9H3/t25-,27+,28-,29?,30+,31-,32+,33-,35+,36-,37-,38+,39+,43+/m0/s1. The van der Waals surface area contributed by atoms with Crippen LogP contribution in [0.1, 0.15) is 112 Å². The number of hydrogen-bond donors (Lipinski definition) is 3. The molecule has 318 valence electrons. The molecule has 1 unspecified atom stereocenters. The van der Waals surface area contributed by atoms with Gasteiger partial charge in [0.15, 0.2) is 0 Å². The zero-order valence-electron chi connectivity index (χ0n) is 35.1. The number of rotatable bonds is 6. The molecular formula is C43H69NO12. The molecule has 1 saturated carbocycles. The van der Waals surface area contributed by atoms with Crippen LogP contribution >= 0.6 is 0 Å². The summed E-state index contributed by atoms with van der Waals surface area (Å²) in [5.74, 6) is -7.50. The van der Waals surface area contributed by atoms with Gasteiger partial charge in [0.25, 0.3) is 11.7 Å². The fourth-order valence-corrected chi connectivity index (χ4v) is 9.39. The molecule has 0 radical (unpaired) electrons. The molecule has 0 spiro atoms. The molecular weight excluding hydrogens is 722 g/mol. The van der Waals surface area contributed by atoms with Crippen molar-refractivity contribution in [1.29, 1.82) is 0 Å². The van der Waals surface area contributed by atoms with Crippen molar-refractivity contribution < 1.29 is 58.2 Å². The van der Waals surface area contributed by atoms with E-state index >= 15 is 0 Å². The van der Waals surface area contributed by atoms with Gasteiger partial charge in [-0.15, -0.1) is 0 Å². The van der Waals surface area contributed by atoms with E-state index in [-0.39, 0.29) is 49.5 Å². The Kier molecular flexibility index (Phi) is 16.9. The highest BCUT2D eigenvalue weighted by atomic mass is 16.7. The van der Waals surface area contributed by atoms with Gasteiger partial charge in [0, 0.05) is 52.0 Å². The average Bonchev–Trinajstić information content (AvgIpc) is 3.18. The molecule has 56 heavy (non-hydrogen) atoms. The number of esters is 1. The van der Waals surface area contributed by atoms with Gasteiger partial charge >= 0.3 is 5.97 Å². The summed E-state index contributed by atoms with van der Waals surface area (Å²) >= 11 is 0. The third-order valence-electron chi connectivity index (χ3n) is 12.9. The predicted molar refractivity (Wildman–Crippen MR) is 208 cm³/mol. The summed E-state index contributed by atoms with van der Waals surface area (Å²) in [7, 11) is 4.63. The van der Waals surface area contributed by atoms with E-state index in [1.165, 1.54) is 19.1 Å². The smallest absolute Gasteiger partial charge is 0.329 e. The van der Waals surface area contributed by atoms with E-state index < -0.39 is 83.9 Å². The van der Waals surface area contributed by atoms with Crippen LogP contribution < -0.4 is 0 Å². The Balaban J connectivity index is 1.76. The molecule has 3 fully saturated rings. The number of amides is 1. The number of cyclic esters (lactones) is 1. The summed E-state index contributed by atoms with van der Waals surface area (Å²) in [4.78, 5) is 57.6. The number of methoxy groups -OCH3 is 3. The Morgan fingerprint density at radius 1 is 0.911 bits per heavy atom. The number of nitrogens with zero attached hydrogens (tertiary/aromatic N) is 1. The molecule has 13 heteroatoms. The summed E-state index contributed by atoms with van der Waals surface area (Å²) in [5.41, 5.74) is 1.66. The Morgan fingerprint density at radius 3 is 2.21 bits per heavy atom. The van der Waals surface area contributed by atoms with E-state index in [9.17, 15) is 34.5 Å². The van der Waals surface area contributed by atoms with E-state index in [0.29, 0.717) is 56.9 Å². The monoisotopic (exact) mass is 791 g/mol. The van der Waals surface area contributed by atoms with E-state index in [1.807, 2.05) is 32.9 Å². The Bertz CT molecular complexity index is 1430. The van der Waals surface area contributed by atoms with Gasteiger partial charge in [-0.2, -0.15) is 0 Å². The van der Waals surface area contributed by atoms with E-state index in [2.05, 4.69) is 6.92 Å². The summed E-state index contributed by atoms with van der Waals surface area (Å²) in [6, 6.07) is -1.13. The number of carbonyl (C=O) groups excluding carboxylic acids is 4. The van der Waals surface area contributed by atoms with Crippen LogP contribution in [-0.4, -0.2) is 126 Å². The van der Waals surface area contributed by atoms with E-state index in [1.54, 1.807) is 21.0 Å². The molecule has 1 aliphatic carbocycles. The molecule has 1 amide bonds. The van der Waals surface area contributed by atoms with Crippen LogP contribution in [0.5, 0.6) is 0 Å². The Labute approximate surface area is 333 Å². The number of ether oxygens (including phenoxy) is 5. The quantitative estimate of drug-likeness (QED) is 0.196. The van der Waals surface area contributed by atoms with Gasteiger partial charge in [-0.25, -0.2) is 4.79 Å². The van der Waals surface area contributed by atoms with Crippen LogP contribution in [-0.2, 0) is 42.9 Å². The van der Waals surface area contributed by atoms with Crippen molar-refractivity contribution >= 4 is 23.4 Å². The average molecular weight is 792 g/mol. The van der Waals surface area contributed by atoms with Crippen molar-refractivity contribution in [3.63, 3.8) is 0 Å². The van der Waals surface area contributed by atoms with Crippen molar-refractivity contribution in [2.75, 3.05) is 27.9 Å². The fraction of sp³-hybridized carbons (Fsp3) is 0.814. The van der Waals surface area contributed by atoms with E-state index in [0.717, 1.165) is 5.57 Å². The SMILES string of the molecule is CC[C@@H]1C=C(C)C[C@H](C)C[C@H](OC)[C@H]2O[C@@](O)(C(=O)C(=O)N3CCCC[C@H]3C(=O)O[C@H](C(C)=CC3CC[C@@H](O)[C@H](OC)C3)[C@@H](C)[C@@H](O)CC1=O)[C@H](C)C[C@@H]2OC. The fourth-order valence-electron chi connectivity index (χ4n) is 9.39. The highest BCUT2D eigenvalue weighted by molar-refractivity contribution is 6.39. The zero-order chi connectivity index (χ0) is 41.5. The van der Waals surface area contributed by atoms with Gasteiger partial charge in [-0.05, 0) is 95.5 Å². The lowest BCUT2D eigenvalue weighted by Gasteiger charge is -2.47. The lowest BCUT2D eigenvalue weighted by Crippen LogP contribution is -2.64. The van der Waals surface area contributed by atoms with Gasteiger partial charge in [-0.3, -0.25) is 14.4 Å². The lowest BCUT2D eigenvalue weighted by atomic mass is 9.81. The molecule has 2 saturated heterocycles. The minimum absolute atomic E-state index is 0.000914. The highest BCUT2D eigenvalue weighted by Crippen LogP contribution is 2.39. The van der Waals surface area contributed by atoms with Gasteiger partial charge in [-0.1, -0.05) is 45.4 Å². The Morgan fingerprint density at radius 2 is 1.57 bits per heavy atom. The molecule has 4 aliphatic rings. The van der Waals surface area contributed by atoms with Crippen LogP contribution in [0.2, 0.25) is 0 Å². The number of hydrogen-bond acceptors (Lipinski definition) is 12. The maximum Gasteiger partial charge on any atom is 0.329 e. The zero-order valence-corrected chi connectivity index (χ0v) is 35.1. The van der Waals surface area contributed by atoms with Gasteiger partial charge in [0.1, 0.15) is 24.0 Å². The van der Waals surface area contributed by atoms with Crippen LogP contribution in [0.25, 0.3) is 0 Å². The molecule has 2 bridgehead atoms. The summed E-state index contributed by atoms with van der Waals surface area (Å²) < 4.78 is 29.7. The summed E-state index contributed by atoms with van der Waals surface area (Å²) in [5, 5.41) is 34.1. The highest BCUT2D eigenvalue weighted by Gasteiger charge is 2.56. The maximum absolute atomic E-state index is 14.3. The normalized spacial score (nSPS) is 40.6. The third kappa shape index (κ3) is 10.7. The number of Topliss-reactive ketones (excluding diaryl/α,β-unsaturated/α-hetero) is 2. The second-order valence-corrected chi connectivity index (χ2v) is 17.2. The number of aliphatic hydroxyl groups excluding tert-OH is 2. The third-order valence-corrected chi connectivity index (χ3v) is 12.9. The second kappa shape index (κ2) is 20.4. The molecule has 4 rings (SSSR count). The van der Waals surface area contributed by atoms with Crippen LogP contribution in [0.4, 0.5) is 0 Å². The summed E-state index contributed by atoms with van der Waals surface area (Å²) in [6.45, 7) is 11.3. The van der Waals surface area contributed by atoms with Crippen molar-refractivity contribution in [1.82, 2.24) is 4.90 Å². The predicted octanol–water partition coefficient (Wildman–Crippen LogP) is 4.47. The number of ketones is 2. The summed E-state index contributed by atoms with van der Waals surface area (Å²) in [6.07, 6.45) is 3.72. The van der Waals surface area contributed by atoms with E-state index in [4.69, 9.17) is 23.7 Å². The number of piperidine rings is 1. The topological polar surface area (TPSA) is 178 Å². The number of allylic oxidation sites excluding steroid dienone is 3. The molecule has 0 aromatic heterocycles. The minimum atomic E-state index is -2.50. The van der Waals surface area contributed by atoms with Crippen LogP contribution in [0, 0.1) is 29.6 Å². The molecule has 3 heterocycles. The van der Waals surface area contributed by atoms with Crippen molar-refractivity contribution in [2.45, 2.75) is 167 Å². The first kappa shape index (κ1) is 46.2. The molecule has 0 aromatic rings. The lowest BCUT2D eigenvalue weighted by molar-refractivity contribution is -0.302. The van der Waals surface area contributed by atoms with Crippen molar-refractivity contribution in [2.24, 2.45) is 29.6 Å². The van der Waals surface area contributed by atoms with Crippen molar-refractivity contribution in [3.05, 3.63) is 23.3 Å². The van der Waals surface area contributed by atoms with Gasteiger partial charge in [0.2, 0.25) is 5.79 Å². The molecule has 14 atom stereocenters. The molecule has 3 aliphatic heterocycles. The first-order chi connectivity index (χ1) is 26.5. The molecule has 13 nitrogen and oxygen atoms in total. The number of fused-ring (bicyclic) bond motifs is 3. The molecule has 0 aromatic carbocycles. The van der Waals surface area contributed by atoms with Crippen LogP contribution in [0.3, 0.4) is 0 Å². The minimum Gasteiger partial charge on any atom is -0.456 e. The first-order valence-electron chi connectivity index (χ1n) is 20.8. The largest absolute Gasteiger partial charge is 0.456 e. The van der Waals surface area contributed by atoms with Gasteiger partial charge < -0.3 is 43.9 Å². The molecule has 3 N–H and O–H groups in total. The van der Waals surface area contributed by atoms with Gasteiger partial charge in [0.05, 0.1) is 30.5 Å². The first-order valence-corrected chi connectivity index (χ1v) is 20.8. The van der Waals surface area contributed by atoms with Crippen molar-refractivity contribution in [3.8, 4) is 0 Å². The van der Waals surface area contributed by atoms with Crippen LogP contribution in [0.15, 0.2) is 23.3 Å². The number of aliphatic hydroxyl groups is 3. The Hall–Kier alpha value is -2.52. The second-order valence-electron chi connectivity index (χ2n) is 17.2. The maximum atomic E-state index is 14.3.